The molecule has 2 atom stereocenters. The fourth-order valence-corrected chi connectivity index (χ4v) is 3.80. The molecule has 0 bridgehead atoms. The fourth-order valence-electron chi connectivity index (χ4n) is 3.80. The minimum absolute atomic E-state index is 0.215. The van der Waals surface area contributed by atoms with E-state index in [0.29, 0.717) is 0 Å². The largest absolute Gasteiger partial charge is 0.508 e. The summed E-state index contributed by atoms with van der Waals surface area (Å²) in [6, 6.07) is 15.3. The van der Waals surface area contributed by atoms with E-state index in [4.69, 9.17) is 5.73 Å². The number of fused-ring (bicyclic) bond motifs is 1. The number of aromatic hydroxyl groups is 1. The van der Waals surface area contributed by atoms with Crippen LogP contribution in [0.5, 0.6) is 5.75 Å². The SMILES string of the molecule is Cc1cc(C2(c3cccc(O)c3)NC(N)c3ncccc32)cc(C)n1. The highest BCUT2D eigenvalue weighted by molar-refractivity contribution is 5.56. The molecule has 4 rings (SSSR count). The minimum atomic E-state index is -0.680. The van der Waals surface area contributed by atoms with Crippen LogP contribution < -0.4 is 11.1 Å². The van der Waals surface area contributed by atoms with Crippen molar-refractivity contribution >= 4 is 0 Å². The van der Waals surface area contributed by atoms with Crippen LogP contribution in [0.1, 0.15) is 39.9 Å². The van der Waals surface area contributed by atoms with Crippen molar-refractivity contribution in [3.8, 4) is 5.75 Å². The number of nitrogens with two attached hydrogens (primary N) is 1. The molecule has 25 heavy (non-hydrogen) atoms. The molecule has 0 saturated carbocycles. The van der Waals surface area contributed by atoms with Crippen LogP contribution >= 0.6 is 0 Å². The van der Waals surface area contributed by atoms with Gasteiger partial charge in [0.05, 0.1) is 11.2 Å². The van der Waals surface area contributed by atoms with E-state index in [2.05, 4.69) is 27.4 Å². The molecule has 2 aromatic heterocycles. The highest BCUT2D eigenvalue weighted by Crippen LogP contribution is 2.45. The zero-order valence-electron chi connectivity index (χ0n) is 14.2. The molecule has 1 aliphatic heterocycles. The first-order chi connectivity index (χ1) is 12.0. The van der Waals surface area contributed by atoms with E-state index in [9.17, 15) is 5.11 Å². The van der Waals surface area contributed by atoms with E-state index in [0.717, 1.165) is 33.8 Å². The number of hydrogen-bond acceptors (Lipinski definition) is 5. The summed E-state index contributed by atoms with van der Waals surface area (Å²) in [5.41, 5.74) is 11.3. The molecule has 0 radical (unpaired) electrons. The third kappa shape index (κ3) is 2.40. The van der Waals surface area contributed by atoms with Gasteiger partial charge in [0, 0.05) is 23.1 Å². The van der Waals surface area contributed by atoms with Crippen molar-refractivity contribution in [1.29, 1.82) is 0 Å². The van der Waals surface area contributed by atoms with E-state index in [1.165, 1.54) is 0 Å². The molecule has 0 saturated heterocycles. The number of benzene rings is 1. The predicted molar refractivity (Wildman–Crippen MR) is 96.0 cm³/mol. The van der Waals surface area contributed by atoms with Gasteiger partial charge in [-0.1, -0.05) is 18.2 Å². The van der Waals surface area contributed by atoms with Crippen LogP contribution in [0.15, 0.2) is 54.7 Å². The van der Waals surface area contributed by atoms with Gasteiger partial charge in [0.1, 0.15) is 11.9 Å². The van der Waals surface area contributed by atoms with Gasteiger partial charge in [-0.25, -0.2) is 0 Å². The molecule has 3 aromatic rings. The van der Waals surface area contributed by atoms with Gasteiger partial charge in [0.2, 0.25) is 0 Å². The van der Waals surface area contributed by atoms with Crippen LogP contribution in [-0.4, -0.2) is 15.1 Å². The number of rotatable bonds is 2. The van der Waals surface area contributed by atoms with E-state index in [1.807, 2.05) is 38.1 Å². The van der Waals surface area contributed by atoms with Gasteiger partial charge >= 0.3 is 0 Å². The van der Waals surface area contributed by atoms with Crippen molar-refractivity contribution in [3.63, 3.8) is 0 Å². The standard InChI is InChI=1S/C20H20N4O/c1-12-9-15(10-13(2)23-12)20(14-5-3-6-16(25)11-14)17-7-4-8-22-18(17)19(21)24-20/h3-11,19,24-25H,21H2,1-2H3. The summed E-state index contributed by atoms with van der Waals surface area (Å²) in [6.07, 6.45) is 1.36. The summed E-state index contributed by atoms with van der Waals surface area (Å²) in [6.45, 7) is 3.96. The molecule has 0 spiro atoms. The molecule has 3 heterocycles. The third-order valence-corrected chi connectivity index (χ3v) is 4.70. The number of phenols is 1. The Balaban J connectivity index is 2.07. The number of phenolic OH excluding ortho intramolecular Hbond substituents is 1. The normalized spacial score (nSPS) is 22.0. The molecule has 0 aliphatic carbocycles. The summed E-state index contributed by atoms with van der Waals surface area (Å²) in [4.78, 5) is 8.99. The number of pyridine rings is 2. The average molecular weight is 332 g/mol. The summed E-state index contributed by atoms with van der Waals surface area (Å²) in [5.74, 6) is 0.215. The lowest BCUT2D eigenvalue weighted by Crippen LogP contribution is -2.42. The quantitative estimate of drug-likeness (QED) is 0.672. The maximum atomic E-state index is 10.1. The molecule has 2 unspecified atom stereocenters. The van der Waals surface area contributed by atoms with Crippen molar-refractivity contribution in [3.05, 3.63) is 88.5 Å². The first kappa shape index (κ1) is 15.7. The Kier molecular flexibility index (Phi) is 3.56. The van der Waals surface area contributed by atoms with Crippen LogP contribution in [0, 0.1) is 13.8 Å². The number of nitrogens with zero attached hydrogens (tertiary/aromatic N) is 2. The highest BCUT2D eigenvalue weighted by Gasteiger charge is 2.46. The molecule has 1 aliphatic rings. The Labute approximate surface area is 146 Å². The second-order valence-electron chi connectivity index (χ2n) is 6.50. The second kappa shape index (κ2) is 5.65. The van der Waals surface area contributed by atoms with Gasteiger partial charge in [0.15, 0.2) is 0 Å². The Morgan fingerprint density at radius 2 is 1.80 bits per heavy atom. The molecule has 5 nitrogen and oxygen atoms in total. The first-order valence-corrected chi connectivity index (χ1v) is 8.24. The maximum absolute atomic E-state index is 10.1. The van der Waals surface area contributed by atoms with Crippen LogP contribution in [0.3, 0.4) is 0 Å². The van der Waals surface area contributed by atoms with Gasteiger partial charge in [0.25, 0.3) is 0 Å². The molecule has 5 heteroatoms. The molecular weight excluding hydrogens is 312 g/mol. The summed E-state index contributed by atoms with van der Waals surface area (Å²) in [7, 11) is 0. The average Bonchev–Trinajstić information content (AvgIpc) is 2.88. The number of hydrogen-bond donors (Lipinski definition) is 3. The van der Waals surface area contributed by atoms with Crippen LogP contribution in [0.2, 0.25) is 0 Å². The third-order valence-electron chi connectivity index (χ3n) is 4.70. The Morgan fingerprint density at radius 3 is 2.52 bits per heavy atom. The highest BCUT2D eigenvalue weighted by atomic mass is 16.3. The molecule has 0 amide bonds. The van der Waals surface area contributed by atoms with E-state index >= 15 is 0 Å². The smallest absolute Gasteiger partial charge is 0.115 e. The zero-order chi connectivity index (χ0) is 17.6. The van der Waals surface area contributed by atoms with Gasteiger partial charge < -0.3 is 10.8 Å². The van der Waals surface area contributed by atoms with Gasteiger partial charge in [-0.3, -0.25) is 15.3 Å². The molecule has 126 valence electrons. The fraction of sp³-hybridized carbons (Fsp3) is 0.200. The molecule has 4 N–H and O–H groups in total. The molecule has 1 aromatic carbocycles. The Bertz CT molecular complexity index is 936. The van der Waals surface area contributed by atoms with Gasteiger partial charge in [-0.2, -0.15) is 0 Å². The maximum Gasteiger partial charge on any atom is 0.115 e. The molecular formula is C20H20N4O. The van der Waals surface area contributed by atoms with E-state index in [-0.39, 0.29) is 5.75 Å². The van der Waals surface area contributed by atoms with Crippen molar-refractivity contribution in [1.82, 2.24) is 15.3 Å². The van der Waals surface area contributed by atoms with E-state index < -0.39 is 11.7 Å². The van der Waals surface area contributed by atoms with Crippen LogP contribution in [-0.2, 0) is 5.54 Å². The number of aromatic nitrogens is 2. The zero-order valence-corrected chi connectivity index (χ0v) is 14.2. The number of nitrogens with one attached hydrogen (secondary N) is 1. The Hall–Kier alpha value is -2.76. The molecule has 0 fully saturated rings. The first-order valence-electron chi connectivity index (χ1n) is 8.24. The van der Waals surface area contributed by atoms with Gasteiger partial charge in [-0.05, 0) is 55.3 Å². The van der Waals surface area contributed by atoms with Crippen molar-refractivity contribution in [2.75, 3.05) is 0 Å². The topological polar surface area (TPSA) is 84.1 Å². The van der Waals surface area contributed by atoms with Crippen molar-refractivity contribution in [2.24, 2.45) is 5.73 Å². The second-order valence-corrected chi connectivity index (χ2v) is 6.50. The Morgan fingerprint density at radius 1 is 1.04 bits per heavy atom. The lowest BCUT2D eigenvalue weighted by atomic mass is 9.78. The number of aryl methyl sites for hydroxylation is 2. The van der Waals surface area contributed by atoms with Gasteiger partial charge in [-0.15, -0.1) is 0 Å². The summed E-state index contributed by atoms with van der Waals surface area (Å²) < 4.78 is 0. The minimum Gasteiger partial charge on any atom is -0.508 e. The van der Waals surface area contributed by atoms with E-state index in [1.54, 1.807) is 18.3 Å². The summed E-state index contributed by atoms with van der Waals surface area (Å²) >= 11 is 0. The van der Waals surface area contributed by atoms with Crippen molar-refractivity contribution in [2.45, 2.75) is 25.6 Å². The monoisotopic (exact) mass is 332 g/mol. The van der Waals surface area contributed by atoms with Crippen LogP contribution in [0.25, 0.3) is 0 Å². The van der Waals surface area contributed by atoms with Crippen LogP contribution in [0.4, 0.5) is 0 Å². The lowest BCUT2D eigenvalue weighted by Gasteiger charge is -2.33. The van der Waals surface area contributed by atoms with Crippen molar-refractivity contribution < 1.29 is 5.11 Å². The summed E-state index contributed by atoms with van der Waals surface area (Å²) in [5, 5.41) is 13.6. The lowest BCUT2D eigenvalue weighted by molar-refractivity contribution is 0.444. The predicted octanol–water partition coefficient (Wildman–Crippen LogP) is 2.65.